The number of amides is 1. The second kappa shape index (κ2) is 6.67. The number of aliphatic hydroxyl groups is 1. The van der Waals surface area contributed by atoms with E-state index in [9.17, 15) is 9.90 Å². The van der Waals surface area contributed by atoms with E-state index in [-0.39, 0.29) is 19.0 Å². The number of rotatable bonds is 5. The molecule has 0 spiro atoms. The molecule has 1 heterocycles. The number of aromatic nitrogens is 1. The van der Waals surface area contributed by atoms with Gasteiger partial charge in [-0.3, -0.25) is 4.79 Å². The van der Waals surface area contributed by atoms with Crippen molar-refractivity contribution in [2.75, 3.05) is 6.54 Å². The standard InChI is InChI=1S/C19H20N2O2/c1-14-11-16-9-5-6-10-17(16)21(14)13-19(23)20-12-18(22)15-7-3-2-4-8-15/h2-11,18,22H,12-13H2,1H3,(H,20,23). The van der Waals surface area contributed by atoms with Crippen molar-refractivity contribution < 1.29 is 9.90 Å². The third kappa shape index (κ3) is 3.43. The zero-order valence-corrected chi connectivity index (χ0v) is 13.1. The Morgan fingerprint density at radius 3 is 2.61 bits per heavy atom. The first-order valence-electron chi connectivity index (χ1n) is 7.70. The van der Waals surface area contributed by atoms with Crippen molar-refractivity contribution in [3.63, 3.8) is 0 Å². The number of nitrogens with one attached hydrogen (secondary N) is 1. The molecular weight excluding hydrogens is 288 g/mol. The van der Waals surface area contributed by atoms with E-state index in [1.807, 2.05) is 66.1 Å². The van der Waals surface area contributed by atoms with Gasteiger partial charge in [-0.2, -0.15) is 0 Å². The normalized spacial score (nSPS) is 12.3. The lowest BCUT2D eigenvalue weighted by atomic mass is 10.1. The molecule has 3 aromatic rings. The summed E-state index contributed by atoms with van der Waals surface area (Å²) in [6.45, 7) is 2.45. The predicted molar refractivity (Wildman–Crippen MR) is 91.1 cm³/mol. The fraction of sp³-hybridized carbons (Fsp3) is 0.211. The third-order valence-corrected chi connectivity index (χ3v) is 4.00. The highest BCUT2D eigenvalue weighted by molar-refractivity contribution is 5.84. The van der Waals surface area contributed by atoms with Gasteiger partial charge in [0.1, 0.15) is 6.54 Å². The fourth-order valence-corrected chi connectivity index (χ4v) is 2.76. The van der Waals surface area contributed by atoms with Crippen LogP contribution in [0.4, 0.5) is 0 Å². The predicted octanol–water partition coefficient (Wildman–Crippen LogP) is 2.80. The molecule has 0 fully saturated rings. The van der Waals surface area contributed by atoms with E-state index in [4.69, 9.17) is 0 Å². The van der Waals surface area contributed by atoms with E-state index >= 15 is 0 Å². The summed E-state index contributed by atoms with van der Waals surface area (Å²) in [5.41, 5.74) is 2.89. The second-order valence-electron chi connectivity index (χ2n) is 5.66. The van der Waals surface area contributed by atoms with Crippen LogP contribution in [0.1, 0.15) is 17.4 Å². The Morgan fingerprint density at radius 1 is 1.13 bits per heavy atom. The van der Waals surface area contributed by atoms with Gasteiger partial charge in [0.2, 0.25) is 5.91 Å². The average Bonchev–Trinajstić information content (AvgIpc) is 2.89. The molecule has 0 aliphatic carbocycles. The van der Waals surface area contributed by atoms with Gasteiger partial charge in [-0.05, 0) is 30.0 Å². The number of hydrogen-bond acceptors (Lipinski definition) is 2. The molecule has 0 radical (unpaired) electrons. The molecule has 0 saturated carbocycles. The quantitative estimate of drug-likeness (QED) is 0.761. The highest BCUT2D eigenvalue weighted by Gasteiger charge is 2.12. The Morgan fingerprint density at radius 2 is 1.83 bits per heavy atom. The zero-order chi connectivity index (χ0) is 16.2. The SMILES string of the molecule is Cc1cc2ccccc2n1CC(=O)NCC(O)c1ccccc1. The molecule has 23 heavy (non-hydrogen) atoms. The van der Waals surface area contributed by atoms with Gasteiger partial charge in [0.15, 0.2) is 0 Å². The summed E-state index contributed by atoms with van der Waals surface area (Å²) in [6.07, 6.45) is -0.692. The van der Waals surface area contributed by atoms with Crippen molar-refractivity contribution in [1.82, 2.24) is 9.88 Å². The van der Waals surface area contributed by atoms with Crippen molar-refractivity contribution in [1.29, 1.82) is 0 Å². The van der Waals surface area contributed by atoms with Crippen LogP contribution in [0.3, 0.4) is 0 Å². The van der Waals surface area contributed by atoms with Crippen LogP contribution >= 0.6 is 0 Å². The first kappa shape index (κ1) is 15.3. The molecule has 0 saturated heterocycles. The van der Waals surface area contributed by atoms with Gasteiger partial charge < -0.3 is 15.0 Å². The van der Waals surface area contributed by atoms with Crippen LogP contribution in [0.5, 0.6) is 0 Å². The minimum Gasteiger partial charge on any atom is -0.387 e. The Balaban J connectivity index is 1.64. The number of para-hydroxylation sites is 1. The van der Waals surface area contributed by atoms with E-state index in [1.54, 1.807) is 0 Å². The molecule has 1 unspecified atom stereocenters. The van der Waals surface area contributed by atoms with Crippen LogP contribution in [0, 0.1) is 6.92 Å². The fourth-order valence-electron chi connectivity index (χ4n) is 2.76. The molecule has 118 valence electrons. The van der Waals surface area contributed by atoms with Crippen LogP contribution in [0.15, 0.2) is 60.7 Å². The second-order valence-corrected chi connectivity index (χ2v) is 5.66. The molecule has 4 heteroatoms. The van der Waals surface area contributed by atoms with E-state index in [1.165, 1.54) is 0 Å². The van der Waals surface area contributed by atoms with Crippen molar-refractivity contribution in [3.05, 3.63) is 71.9 Å². The summed E-state index contributed by atoms with van der Waals surface area (Å²) in [5.74, 6) is -0.107. The molecule has 1 atom stereocenters. The molecule has 0 bridgehead atoms. The lowest BCUT2D eigenvalue weighted by Gasteiger charge is -2.13. The molecule has 2 N–H and O–H groups in total. The smallest absolute Gasteiger partial charge is 0.240 e. The molecule has 3 rings (SSSR count). The molecule has 2 aromatic carbocycles. The van der Waals surface area contributed by atoms with Crippen LogP contribution in [-0.2, 0) is 11.3 Å². The third-order valence-electron chi connectivity index (χ3n) is 4.00. The highest BCUT2D eigenvalue weighted by atomic mass is 16.3. The van der Waals surface area contributed by atoms with Gasteiger partial charge in [-0.25, -0.2) is 0 Å². The maximum absolute atomic E-state index is 12.2. The van der Waals surface area contributed by atoms with Crippen molar-refractivity contribution in [2.24, 2.45) is 0 Å². The number of nitrogens with zero attached hydrogens (tertiary/aromatic N) is 1. The summed E-state index contributed by atoms with van der Waals surface area (Å²) in [5, 5.41) is 14.0. The summed E-state index contributed by atoms with van der Waals surface area (Å²) >= 11 is 0. The topological polar surface area (TPSA) is 54.3 Å². The molecule has 0 aliphatic heterocycles. The van der Waals surface area contributed by atoms with E-state index in [0.717, 1.165) is 22.2 Å². The van der Waals surface area contributed by atoms with Crippen LogP contribution in [0.2, 0.25) is 0 Å². The molecule has 1 amide bonds. The molecular formula is C19H20N2O2. The van der Waals surface area contributed by atoms with Crippen LogP contribution in [-0.4, -0.2) is 22.1 Å². The first-order valence-corrected chi connectivity index (χ1v) is 7.70. The van der Waals surface area contributed by atoms with Crippen LogP contribution < -0.4 is 5.32 Å². The number of hydrogen-bond donors (Lipinski definition) is 2. The Hall–Kier alpha value is -2.59. The van der Waals surface area contributed by atoms with Crippen LogP contribution in [0.25, 0.3) is 10.9 Å². The van der Waals surface area contributed by atoms with Crippen molar-refractivity contribution in [3.8, 4) is 0 Å². The number of carbonyl (C=O) groups excluding carboxylic acids is 1. The van der Waals surface area contributed by atoms with Crippen molar-refractivity contribution >= 4 is 16.8 Å². The average molecular weight is 308 g/mol. The summed E-state index contributed by atoms with van der Waals surface area (Å²) in [4.78, 5) is 12.2. The minimum absolute atomic E-state index is 0.107. The van der Waals surface area contributed by atoms with Crippen molar-refractivity contribution in [2.45, 2.75) is 19.6 Å². The van der Waals surface area contributed by atoms with Gasteiger partial charge in [-0.1, -0.05) is 48.5 Å². The van der Waals surface area contributed by atoms with Gasteiger partial charge in [0, 0.05) is 17.8 Å². The molecule has 1 aromatic heterocycles. The summed E-state index contributed by atoms with van der Waals surface area (Å²) in [6, 6.07) is 19.4. The number of aryl methyl sites for hydroxylation is 1. The number of carbonyl (C=O) groups is 1. The number of aliphatic hydroxyl groups excluding tert-OH is 1. The maximum Gasteiger partial charge on any atom is 0.240 e. The van der Waals surface area contributed by atoms with E-state index in [0.29, 0.717) is 0 Å². The number of fused-ring (bicyclic) bond motifs is 1. The van der Waals surface area contributed by atoms with Gasteiger partial charge in [0.25, 0.3) is 0 Å². The Kier molecular flexibility index (Phi) is 4.44. The monoisotopic (exact) mass is 308 g/mol. The van der Waals surface area contributed by atoms with Gasteiger partial charge in [-0.15, -0.1) is 0 Å². The first-order chi connectivity index (χ1) is 11.1. The zero-order valence-electron chi connectivity index (χ0n) is 13.1. The van der Waals surface area contributed by atoms with Gasteiger partial charge in [0.05, 0.1) is 6.10 Å². The molecule has 4 nitrogen and oxygen atoms in total. The lowest BCUT2D eigenvalue weighted by Crippen LogP contribution is -2.31. The summed E-state index contributed by atoms with van der Waals surface area (Å²) < 4.78 is 1.99. The highest BCUT2D eigenvalue weighted by Crippen LogP contribution is 2.19. The van der Waals surface area contributed by atoms with Gasteiger partial charge >= 0.3 is 0 Å². The number of benzene rings is 2. The lowest BCUT2D eigenvalue weighted by molar-refractivity contribution is -0.122. The van der Waals surface area contributed by atoms with E-state index < -0.39 is 6.10 Å². The Labute approximate surface area is 135 Å². The summed E-state index contributed by atoms with van der Waals surface area (Å²) in [7, 11) is 0. The largest absolute Gasteiger partial charge is 0.387 e. The molecule has 0 aliphatic rings. The van der Waals surface area contributed by atoms with E-state index in [2.05, 4.69) is 11.4 Å². The Bertz CT molecular complexity index is 809. The maximum atomic E-state index is 12.2. The minimum atomic E-state index is -0.692.